The lowest BCUT2D eigenvalue weighted by Gasteiger charge is -2.35. The van der Waals surface area contributed by atoms with Gasteiger partial charge in [-0.1, -0.05) is 25.7 Å². The molecule has 3 N–H and O–H groups in total. The maximum Gasteiger partial charge on any atom is 0.227 e. The number of carbonyl (C=O) groups is 1. The molecule has 1 aliphatic carbocycles. The molecule has 4 nitrogen and oxygen atoms in total. The molecule has 0 unspecified atom stereocenters. The summed E-state index contributed by atoms with van der Waals surface area (Å²) in [6.07, 6.45) is 6.61. The van der Waals surface area contributed by atoms with E-state index in [1.54, 1.807) is 0 Å². The van der Waals surface area contributed by atoms with E-state index in [2.05, 4.69) is 24.1 Å². The van der Waals surface area contributed by atoms with E-state index in [0.717, 1.165) is 25.7 Å². The smallest absolute Gasteiger partial charge is 0.227 e. The predicted octanol–water partition coefficient (Wildman–Crippen LogP) is 1.74. The largest absolute Gasteiger partial charge is 0.354 e. The van der Waals surface area contributed by atoms with Gasteiger partial charge in [0.1, 0.15) is 0 Å². The van der Waals surface area contributed by atoms with Gasteiger partial charge in [0.25, 0.3) is 0 Å². The second kappa shape index (κ2) is 6.71. The van der Waals surface area contributed by atoms with E-state index in [1.807, 2.05) is 14.1 Å². The summed E-state index contributed by atoms with van der Waals surface area (Å²) < 4.78 is 0. The molecule has 0 aromatic rings. The molecule has 1 saturated carbocycles. The molecule has 0 saturated heterocycles. The maximum absolute atomic E-state index is 12.6. The number of amides is 1. The van der Waals surface area contributed by atoms with E-state index >= 15 is 0 Å². The van der Waals surface area contributed by atoms with Crippen molar-refractivity contribution in [2.24, 2.45) is 11.1 Å². The van der Waals surface area contributed by atoms with Crippen LogP contribution in [0.15, 0.2) is 0 Å². The maximum atomic E-state index is 12.6. The van der Waals surface area contributed by atoms with Gasteiger partial charge in [0.15, 0.2) is 0 Å². The molecule has 0 radical (unpaired) electrons. The number of rotatable bonds is 5. The van der Waals surface area contributed by atoms with Gasteiger partial charge in [-0.15, -0.1) is 0 Å². The summed E-state index contributed by atoms with van der Waals surface area (Å²) >= 11 is 0. The highest BCUT2D eigenvalue weighted by Crippen LogP contribution is 2.34. The molecule has 0 aromatic carbocycles. The first kappa shape index (κ1) is 16.4. The number of likely N-dealkylation sites (N-methyl/N-ethyl adjacent to an activating group) is 1. The van der Waals surface area contributed by atoms with Gasteiger partial charge < -0.3 is 16.0 Å². The van der Waals surface area contributed by atoms with E-state index in [4.69, 9.17) is 5.73 Å². The Bertz CT molecular complexity index is 292. The fraction of sp³-hybridized carbons (Fsp3) is 0.933. The molecule has 19 heavy (non-hydrogen) atoms. The molecule has 4 heteroatoms. The zero-order chi connectivity index (χ0) is 14.5. The van der Waals surface area contributed by atoms with Crippen molar-refractivity contribution in [3.05, 3.63) is 0 Å². The molecule has 0 aromatic heterocycles. The minimum Gasteiger partial charge on any atom is -0.354 e. The molecule has 1 amide bonds. The monoisotopic (exact) mass is 269 g/mol. The first-order chi connectivity index (χ1) is 8.84. The summed E-state index contributed by atoms with van der Waals surface area (Å²) in [5.41, 5.74) is 5.58. The van der Waals surface area contributed by atoms with E-state index in [0.29, 0.717) is 13.1 Å². The first-order valence-corrected chi connectivity index (χ1v) is 7.50. The van der Waals surface area contributed by atoms with Crippen LogP contribution in [0.5, 0.6) is 0 Å². The van der Waals surface area contributed by atoms with Crippen LogP contribution in [-0.2, 0) is 4.79 Å². The second-order valence-corrected chi connectivity index (χ2v) is 6.79. The summed E-state index contributed by atoms with van der Waals surface area (Å²) in [7, 11) is 4.08. The van der Waals surface area contributed by atoms with Gasteiger partial charge >= 0.3 is 0 Å². The number of hydrogen-bond acceptors (Lipinski definition) is 3. The molecular formula is C15H31N3O. The Morgan fingerprint density at radius 3 is 2.16 bits per heavy atom. The number of nitrogens with one attached hydrogen (secondary N) is 1. The Hall–Kier alpha value is -0.610. The molecule has 1 rings (SSSR count). The van der Waals surface area contributed by atoms with E-state index in [1.165, 1.54) is 12.8 Å². The quantitative estimate of drug-likeness (QED) is 0.748. The molecule has 0 heterocycles. The lowest BCUT2D eigenvalue weighted by molar-refractivity contribution is -0.131. The van der Waals surface area contributed by atoms with Crippen LogP contribution in [0, 0.1) is 5.41 Å². The molecule has 112 valence electrons. The molecule has 0 aliphatic heterocycles. The van der Waals surface area contributed by atoms with Gasteiger partial charge in [-0.05, 0) is 40.8 Å². The third-order valence-electron chi connectivity index (χ3n) is 4.83. The van der Waals surface area contributed by atoms with Gasteiger partial charge in [0.2, 0.25) is 5.91 Å². The zero-order valence-electron chi connectivity index (χ0n) is 13.1. The summed E-state index contributed by atoms with van der Waals surface area (Å²) in [6, 6.07) is 0. The van der Waals surface area contributed by atoms with Crippen LogP contribution in [0.3, 0.4) is 0 Å². The second-order valence-electron chi connectivity index (χ2n) is 6.79. The summed E-state index contributed by atoms with van der Waals surface area (Å²) in [4.78, 5) is 14.7. The molecule has 1 aliphatic rings. The lowest BCUT2D eigenvalue weighted by atomic mass is 9.79. The number of carbonyl (C=O) groups excluding carboxylic acids is 1. The van der Waals surface area contributed by atoms with Crippen molar-refractivity contribution in [2.75, 3.05) is 27.2 Å². The molecule has 0 atom stereocenters. The first-order valence-electron chi connectivity index (χ1n) is 7.50. The van der Waals surface area contributed by atoms with Crippen LogP contribution in [0.4, 0.5) is 0 Å². The predicted molar refractivity (Wildman–Crippen MR) is 80.0 cm³/mol. The SMILES string of the molecule is CN(C)C(C)(C)CNC(=O)C1(CN)CCCCCC1. The van der Waals surface area contributed by atoms with E-state index in [9.17, 15) is 4.79 Å². The minimum absolute atomic E-state index is 0.0316. The topological polar surface area (TPSA) is 58.4 Å². The fourth-order valence-electron chi connectivity index (χ4n) is 2.57. The van der Waals surface area contributed by atoms with Crippen LogP contribution in [0.25, 0.3) is 0 Å². The third-order valence-corrected chi connectivity index (χ3v) is 4.83. The molecule has 0 spiro atoms. The Balaban J connectivity index is 2.63. The molecular weight excluding hydrogens is 238 g/mol. The summed E-state index contributed by atoms with van der Waals surface area (Å²) in [5.74, 6) is 0.159. The van der Waals surface area contributed by atoms with Crippen LogP contribution in [0.1, 0.15) is 52.4 Å². The van der Waals surface area contributed by atoms with Gasteiger partial charge in [0.05, 0.1) is 5.41 Å². The highest BCUT2D eigenvalue weighted by atomic mass is 16.2. The number of hydrogen-bond donors (Lipinski definition) is 2. The van der Waals surface area contributed by atoms with Crippen LogP contribution < -0.4 is 11.1 Å². The standard InChI is InChI=1S/C15H31N3O/c1-14(2,18(3)4)12-17-13(19)15(11-16)9-7-5-6-8-10-15/h5-12,16H2,1-4H3,(H,17,19). The van der Waals surface area contributed by atoms with Crippen LogP contribution in [0.2, 0.25) is 0 Å². The molecule has 1 fully saturated rings. The van der Waals surface area contributed by atoms with Crippen molar-refractivity contribution < 1.29 is 4.79 Å². The van der Waals surface area contributed by atoms with Crippen molar-refractivity contribution in [1.82, 2.24) is 10.2 Å². The highest BCUT2D eigenvalue weighted by Gasteiger charge is 2.37. The fourth-order valence-corrected chi connectivity index (χ4v) is 2.57. The van der Waals surface area contributed by atoms with E-state index < -0.39 is 0 Å². The van der Waals surface area contributed by atoms with Crippen molar-refractivity contribution in [2.45, 2.75) is 57.9 Å². The molecule has 0 bridgehead atoms. The van der Waals surface area contributed by atoms with Gasteiger partial charge in [0, 0.05) is 18.6 Å². The summed E-state index contributed by atoms with van der Waals surface area (Å²) in [6.45, 7) is 5.41. The Labute approximate surface area is 118 Å². The van der Waals surface area contributed by atoms with Gasteiger partial charge in [-0.3, -0.25) is 4.79 Å². The highest BCUT2D eigenvalue weighted by molar-refractivity contribution is 5.83. The third kappa shape index (κ3) is 4.18. The number of nitrogens with zero attached hydrogens (tertiary/aromatic N) is 1. The average molecular weight is 269 g/mol. The number of nitrogens with two attached hydrogens (primary N) is 1. The van der Waals surface area contributed by atoms with E-state index in [-0.39, 0.29) is 16.9 Å². The summed E-state index contributed by atoms with van der Waals surface area (Å²) in [5, 5.41) is 3.13. The zero-order valence-corrected chi connectivity index (χ0v) is 13.1. The van der Waals surface area contributed by atoms with Gasteiger partial charge in [-0.2, -0.15) is 0 Å². The Morgan fingerprint density at radius 2 is 1.74 bits per heavy atom. The Morgan fingerprint density at radius 1 is 1.21 bits per heavy atom. The minimum atomic E-state index is -0.321. The lowest BCUT2D eigenvalue weighted by Crippen LogP contribution is -2.53. The van der Waals surface area contributed by atoms with Crippen molar-refractivity contribution in [1.29, 1.82) is 0 Å². The van der Waals surface area contributed by atoms with Crippen LogP contribution >= 0.6 is 0 Å². The van der Waals surface area contributed by atoms with Gasteiger partial charge in [-0.25, -0.2) is 0 Å². The van der Waals surface area contributed by atoms with Crippen molar-refractivity contribution in [3.63, 3.8) is 0 Å². The van der Waals surface area contributed by atoms with Crippen molar-refractivity contribution >= 4 is 5.91 Å². The normalized spacial score (nSPS) is 20.1. The Kier molecular flexibility index (Phi) is 5.81. The average Bonchev–Trinajstić information content (AvgIpc) is 2.62. The van der Waals surface area contributed by atoms with Crippen molar-refractivity contribution in [3.8, 4) is 0 Å². The van der Waals surface area contributed by atoms with Crippen LogP contribution in [-0.4, -0.2) is 43.5 Å².